The average molecular weight is 517 g/mol. The van der Waals surface area contributed by atoms with Crippen LogP contribution in [0.5, 0.6) is 5.75 Å². The van der Waals surface area contributed by atoms with E-state index in [1.165, 1.54) is 11.8 Å². The number of ether oxygens (including phenoxy) is 3. The summed E-state index contributed by atoms with van der Waals surface area (Å²) in [7, 11) is 1.59. The number of carbonyl (C=O) groups excluding carboxylic acids is 2. The molecule has 3 rings (SSSR count). The monoisotopic (exact) mass is 516 g/mol. The molecule has 0 aliphatic rings. The van der Waals surface area contributed by atoms with Crippen molar-refractivity contribution in [3.8, 4) is 5.75 Å². The summed E-state index contributed by atoms with van der Waals surface area (Å²) in [4.78, 5) is 41.0. The molecule has 10 nitrogen and oxygen atoms in total. The maximum Gasteiger partial charge on any atom is 0.412 e. The topological polar surface area (TPSA) is 117 Å². The van der Waals surface area contributed by atoms with Gasteiger partial charge in [-0.05, 0) is 29.3 Å². The zero-order valence-electron chi connectivity index (χ0n) is 20.0. The number of thiophene rings is 1. The SMILES string of the molecule is CC(OC(=O)CCCO[N+](=O)[O-])OC(=O)N(C)CC[C@H](Oc1cccc2ccccc12)c1cccs1. The summed E-state index contributed by atoms with van der Waals surface area (Å²) in [6.07, 6.45) is -1.51. The highest BCUT2D eigenvalue weighted by Gasteiger charge is 2.21. The molecule has 192 valence electrons. The highest BCUT2D eigenvalue weighted by atomic mass is 32.1. The number of amides is 1. The van der Waals surface area contributed by atoms with Crippen LogP contribution in [0, 0.1) is 10.1 Å². The smallest absolute Gasteiger partial charge is 0.412 e. The number of benzene rings is 2. The number of nitrogens with zero attached hydrogens (tertiary/aromatic N) is 2. The highest BCUT2D eigenvalue weighted by molar-refractivity contribution is 7.10. The van der Waals surface area contributed by atoms with Gasteiger partial charge in [-0.2, -0.15) is 0 Å². The van der Waals surface area contributed by atoms with Crippen molar-refractivity contribution in [3.05, 3.63) is 75.0 Å². The summed E-state index contributed by atoms with van der Waals surface area (Å²) < 4.78 is 16.6. The highest BCUT2D eigenvalue weighted by Crippen LogP contribution is 2.33. The van der Waals surface area contributed by atoms with Crippen LogP contribution in [0.2, 0.25) is 0 Å². The van der Waals surface area contributed by atoms with Gasteiger partial charge in [-0.3, -0.25) is 4.79 Å². The third-order valence-corrected chi connectivity index (χ3v) is 6.17. The minimum Gasteiger partial charge on any atom is -0.484 e. The fourth-order valence-corrected chi connectivity index (χ4v) is 4.23. The largest absolute Gasteiger partial charge is 0.484 e. The van der Waals surface area contributed by atoms with Crippen LogP contribution in [0.15, 0.2) is 60.0 Å². The molecule has 3 aromatic rings. The average Bonchev–Trinajstić information content (AvgIpc) is 3.39. The Morgan fingerprint density at radius 2 is 1.86 bits per heavy atom. The third kappa shape index (κ3) is 8.12. The Morgan fingerprint density at radius 1 is 1.08 bits per heavy atom. The van der Waals surface area contributed by atoms with Gasteiger partial charge in [-0.25, -0.2) is 4.79 Å². The molecule has 2 atom stereocenters. The standard InChI is InChI=1S/C25H28N2O8S/c1-18(33-24(28)13-6-16-32-27(30)31)34-25(29)26(2)15-14-22(23-12-7-17-36-23)35-21-11-5-9-19-8-3-4-10-20(19)21/h3-5,7-12,17-18,22H,6,13-16H2,1-2H3/t18?,22-/m0/s1. The molecule has 0 bridgehead atoms. The van der Waals surface area contributed by atoms with Crippen LogP contribution in [0.1, 0.15) is 37.2 Å². The van der Waals surface area contributed by atoms with Crippen LogP contribution >= 0.6 is 11.3 Å². The first-order chi connectivity index (χ1) is 17.3. The van der Waals surface area contributed by atoms with Gasteiger partial charge in [0.05, 0.1) is 6.61 Å². The zero-order chi connectivity index (χ0) is 25.9. The molecule has 11 heteroatoms. The van der Waals surface area contributed by atoms with Gasteiger partial charge in [0.1, 0.15) is 11.9 Å². The molecule has 0 aliphatic heterocycles. The number of hydrogen-bond donors (Lipinski definition) is 0. The van der Waals surface area contributed by atoms with E-state index in [1.807, 2.05) is 60.0 Å². The zero-order valence-corrected chi connectivity index (χ0v) is 20.8. The Labute approximate surface area is 212 Å². The van der Waals surface area contributed by atoms with Crippen LogP contribution in [0.3, 0.4) is 0 Å². The summed E-state index contributed by atoms with van der Waals surface area (Å²) in [6.45, 7) is 1.55. The van der Waals surface area contributed by atoms with Gasteiger partial charge in [-0.1, -0.05) is 42.5 Å². The molecule has 0 saturated carbocycles. The number of carbonyl (C=O) groups is 2. The van der Waals surface area contributed by atoms with Crippen LogP contribution in [0.25, 0.3) is 10.8 Å². The fraction of sp³-hybridized carbons (Fsp3) is 0.360. The van der Waals surface area contributed by atoms with Crippen molar-refractivity contribution in [2.24, 2.45) is 0 Å². The molecule has 0 radical (unpaired) electrons. The molecule has 0 spiro atoms. The van der Waals surface area contributed by atoms with Gasteiger partial charge in [0.15, 0.2) is 0 Å². The molecule has 0 aliphatic carbocycles. The molecule has 2 aromatic carbocycles. The maximum atomic E-state index is 12.5. The number of fused-ring (bicyclic) bond motifs is 1. The van der Waals surface area contributed by atoms with Gasteiger partial charge in [0, 0.05) is 43.6 Å². The van der Waals surface area contributed by atoms with E-state index in [1.54, 1.807) is 18.4 Å². The molecule has 1 unspecified atom stereocenters. The molecular weight excluding hydrogens is 488 g/mol. The van der Waals surface area contributed by atoms with Crippen LogP contribution in [-0.4, -0.2) is 48.5 Å². The van der Waals surface area contributed by atoms with Crippen LogP contribution in [-0.2, 0) is 19.1 Å². The van der Waals surface area contributed by atoms with E-state index in [9.17, 15) is 19.7 Å². The lowest BCUT2D eigenvalue weighted by atomic mass is 10.1. The summed E-state index contributed by atoms with van der Waals surface area (Å²) in [6, 6.07) is 17.8. The van der Waals surface area contributed by atoms with Crippen LogP contribution < -0.4 is 4.74 Å². The van der Waals surface area contributed by atoms with E-state index in [4.69, 9.17) is 14.2 Å². The summed E-state index contributed by atoms with van der Waals surface area (Å²) in [5.41, 5.74) is 0. The predicted octanol–water partition coefficient (Wildman–Crippen LogP) is 5.36. The molecule has 1 amide bonds. The normalized spacial score (nSPS) is 12.4. The molecular formula is C25H28N2O8S. The predicted molar refractivity (Wildman–Crippen MR) is 133 cm³/mol. The Bertz CT molecular complexity index is 1150. The second-order valence-corrected chi connectivity index (χ2v) is 8.89. The molecule has 0 saturated heterocycles. The first kappa shape index (κ1) is 26.7. The Balaban J connectivity index is 1.52. The van der Waals surface area contributed by atoms with Crippen molar-refractivity contribution in [1.82, 2.24) is 4.90 Å². The quantitative estimate of drug-likeness (QED) is 0.0980. The van der Waals surface area contributed by atoms with E-state index in [0.717, 1.165) is 21.4 Å². The van der Waals surface area contributed by atoms with Crippen molar-refractivity contribution in [2.75, 3.05) is 20.2 Å². The lowest BCUT2D eigenvalue weighted by molar-refractivity contribution is -0.757. The third-order valence-electron chi connectivity index (χ3n) is 5.20. The summed E-state index contributed by atoms with van der Waals surface area (Å²) in [5.74, 6) is 0.118. The minimum absolute atomic E-state index is 0.0976. The molecule has 0 N–H and O–H groups in total. The minimum atomic E-state index is -1.11. The van der Waals surface area contributed by atoms with Gasteiger partial charge in [0.25, 0.3) is 5.09 Å². The van der Waals surface area contributed by atoms with Crippen molar-refractivity contribution >= 4 is 34.2 Å². The van der Waals surface area contributed by atoms with E-state index in [0.29, 0.717) is 13.0 Å². The van der Waals surface area contributed by atoms with Crippen molar-refractivity contribution in [3.63, 3.8) is 0 Å². The lowest BCUT2D eigenvalue weighted by Gasteiger charge is -2.24. The first-order valence-electron chi connectivity index (χ1n) is 11.4. The second-order valence-electron chi connectivity index (χ2n) is 7.91. The summed E-state index contributed by atoms with van der Waals surface area (Å²) in [5, 5.41) is 13.2. The van der Waals surface area contributed by atoms with E-state index in [2.05, 4.69) is 4.84 Å². The molecule has 36 heavy (non-hydrogen) atoms. The fourth-order valence-electron chi connectivity index (χ4n) is 3.44. The second kappa shape index (κ2) is 13.3. The Morgan fingerprint density at radius 3 is 2.61 bits per heavy atom. The lowest BCUT2D eigenvalue weighted by Crippen LogP contribution is -2.33. The first-order valence-corrected chi connectivity index (χ1v) is 12.3. The van der Waals surface area contributed by atoms with E-state index in [-0.39, 0.29) is 25.6 Å². The van der Waals surface area contributed by atoms with Gasteiger partial charge >= 0.3 is 12.1 Å². The number of rotatable bonds is 13. The van der Waals surface area contributed by atoms with Crippen molar-refractivity contribution in [1.29, 1.82) is 0 Å². The van der Waals surface area contributed by atoms with Gasteiger partial charge in [-0.15, -0.1) is 21.5 Å². The molecule has 1 heterocycles. The number of hydrogen-bond acceptors (Lipinski definition) is 9. The Kier molecular flexibility index (Phi) is 9.87. The summed E-state index contributed by atoms with van der Waals surface area (Å²) >= 11 is 1.58. The van der Waals surface area contributed by atoms with Crippen molar-refractivity contribution in [2.45, 2.75) is 38.6 Å². The van der Waals surface area contributed by atoms with Gasteiger partial charge < -0.3 is 23.9 Å². The molecule has 1 aromatic heterocycles. The maximum absolute atomic E-state index is 12.5. The molecule has 0 fully saturated rings. The van der Waals surface area contributed by atoms with Crippen LogP contribution in [0.4, 0.5) is 4.79 Å². The van der Waals surface area contributed by atoms with E-state index >= 15 is 0 Å². The van der Waals surface area contributed by atoms with Gasteiger partial charge in [0.2, 0.25) is 6.29 Å². The Hall–Kier alpha value is -3.86. The van der Waals surface area contributed by atoms with Crippen molar-refractivity contribution < 1.29 is 33.7 Å². The van der Waals surface area contributed by atoms with E-state index < -0.39 is 23.4 Å². The number of esters is 1.